The van der Waals surface area contributed by atoms with Crippen molar-refractivity contribution in [2.75, 3.05) is 0 Å². The number of ketones is 1. The second-order valence-electron chi connectivity index (χ2n) is 10.2. The Morgan fingerprint density at radius 1 is 1.28 bits per heavy atom. The lowest BCUT2D eigenvalue weighted by Crippen LogP contribution is -2.56. The van der Waals surface area contributed by atoms with Gasteiger partial charge in [0.05, 0.1) is 11.2 Å². The van der Waals surface area contributed by atoms with Crippen molar-refractivity contribution in [3.05, 3.63) is 53.4 Å². The standard InChI is InChI=1S/C25H30N2O2/c1-23-9-8-19-13-18-4-5-20(28)14-24(18)10-11-25(19,29-24)21(23)6-7-22(23)27-16-17-3-2-12-26-15-17/h2-3,8,12-13,15,21-22,27H,4-7,9-11,14,16H2,1H3/t21?,22?,23?,24-,25-/m1/s1. The van der Waals surface area contributed by atoms with Crippen molar-refractivity contribution in [3.63, 3.8) is 0 Å². The third-order valence-corrected chi connectivity index (χ3v) is 8.77. The van der Waals surface area contributed by atoms with E-state index in [1.54, 1.807) is 0 Å². The Bertz CT molecular complexity index is 922. The van der Waals surface area contributed by atoms with Gasteiger partial charge in [0.25, 0.3) is 0 Å². The normalized spacial score (nSPS) is 42.6. The van der Waals surface area contributed by atoms with Crippen LogP contribution in [0.25, 0.3) is 0 Å². The van der Waals surface area contributed by atoms with Crippen molar-refractivity contribution >= 4 is 5.78 Å². The van der Waals surface area contributed by atoms with Gasteiger partial charge in [-0.3, -0.25) is 9.78 Å². The Morgan fingerprint density at radius 3 is 3.07 bits per heavy atom. The van der Waals surface area contributed by atoms with E-state index in [2.05, 4.69) is 35.4 Å². The number of rotatable bonds is 3. The number of pyridine rings is 1. The Balaban J connectivity index is 1.31. The fourth-order valence-electron chi connectivity index (χ4n) is 7.30. The lowest BCUT2D eigenvalue weighted by atomic mass is 9.60. The van der Waals surface area contributed by atoms with Crippen LogP contribution in [0, 0.1) is 11.3 Å². The number of fused-ring (bicyclic) bond motifs is 1. The van der Waals surface area contributed by atoms with Crippen molar-refractivity contribution < 1.29 is 9.53 Å². The predicted molar refractivity (Wildman–Crippen MR) is 111 cm³/mol. The van der Waals surface area contributed by atoms with Gasteiger partial charge in [-0.2, -0.15) is 0 Å². The van der Waals surface area contributed by atoms with Gasteiger partial charge in [-0.05, 0) is 72.6 Å². The first-order valence-corrected chi connectivity index (χ1v) is 11.3. The summed E-state index contributed by atoms with van der Waals surface area (Å²) in [5.41, 5.74) is 3.80. The second kappa shape index (κ2) is 6.12. The molecule has 5 aliphatic rings. The van der Waals surface area contributed by atoms with Crippen LogP contribution < -0.4 is 5.32 Å². The van der Waals surface area contributed by atoms with Gasteiger partial charge in [0, 0.05) is 37.8 Å². The van der Waals surface area contributed by atoms with Crippen LogP contribution in [0.2, 0.25) is 0 Å². The molecule has 0 radical (unpaired) electrons. The van der Waals surface area contributed by atoms with Crippen molar-refractivity contribution in [1.29, 1.82) is 0 Å². The first-order valence-electron chi connectivity index (χ1n) is 11.3. The summed E-state index contributed by atoms with van der Waals surface area (Å²) in [7, 11) is 0. The smallest absolute Gasteiger partial charge is 0.136 e. The number of nitrogens with one attached hydrogen (secondary N) is 1. The van der Waals surface area contributed by atoms with E-state index < -0.39 is 0 Å². The number of hydrogen-bond donors (Lipinski definition) is 1. The molecule has 3 unspecified atom stereocenters. The highest BCUT2D eigenvalue weighted by atomic mass is 16.5. The maximum Gasteiger partial charge on any atom is 0.136 e. The molecule has 2 aliphatic heterocycles. The van der Waals surface area contributed by atoms with Gasteiger partial charge < -0.3 is 10.1 Å². The van der Waals surface area contributed by atoms with E-state index in [1.807, 2.05) is 18.5 Å². The largest absolute Gasteiger partial charge is 0.359 e. The van der Waals surface area contributed by atoms with Gasteiger partial charge in [0.1, 0.15) is 5.78 Å². The number of carbonyl (C=O) groups is 1. The van der Waals surface area contributed by atoms with Crippen LogP contribution in [0.3, 0.4) is 0 Å². The minimum absolute atomic E-state index is 0.168. The lowest BCUT2D eigenvalue weighted by Gasteiger charge is -2.53. The molecule has 3 aliphatic carbocycles. The molecule has 2 bridgehead atoms. The van der Waals surface area contributed by atoms with E-state index in [0.717, 1.165) is 32.2 Å². The Morgan fingerprint density at radius 2 is 2.21 bits per heavy atom. The first-order chi connectivity index (χ1) is 14.0. The van der Waals surface area contributed by atoms with Crippen LogP contribution in [0.1, 0.15) is 63.9 Å². The topological polar surface area (TPSA) is 51.2 Å². The van der Waals surface area contributed by atoms with Gasteiger partial charge >= 0.3 is 0 Å². The number of Topliss-reactive ketones (excluding diaryl/α,β-unsaturated/α-hetero) is 1. The highest BCUT2D eigenvalue weighted by Gasteiger charge is 2.66. The second-order valence-corrected chi connectivity index (χ2v) is 10.2. The Labute approximate surface area is 172 Å². The Hall–Kier alpha value is -1.78. The summed E-state index contributed by atoms with van der Waals surface area (Å²) < 4.78 is 7.05. The third kappa shape index (κ3) is 2.45. The van der Waals surface area contributed by atoms with E-state index in [1.165, 1.54) is 29.6 Å². The van der Waals surface area contributed by atoms with E-state index in [0.29, 0.717) is 30.6 Å². The molecule has 4 heteroatoms. The molecule has 1 N–H and O–H groups in total. The van der Waals surface area contributed by atoms with E-state index in [-0.39, 0.29) is 16.6 Å². The number of aromatic nitrogens is 1. The van der Waals surface area contributed by atoms with Gasteiger partial charge in [-0.15, -0.1) is 0 Å². The average molecular weight is 391 g/mol. The fourth-order valence-corrected chi connectivity index (χ4v) is 7.30. The van der Waals surface area contributed by atoms with Crippen molar-refractivity contribution in [1.82, 2.24) is 10.3 Å². The zero-order valence-corrected chi connectivity index (χ0v) is 17.2. The zero-order chi connectivity index (χ0) is 19.7. The maximum atomic E-state index is 12.3. The SMILES string of the molecule is CC12CC=C3C=C4CCC(=O)C[C@]45CC[C@]3(O5)C1CCC2NCc1cccnc1. The zero-order valence-electron chi connectivity index (χ0n) is 17.2. The molecule has 0 aromatic carbocycles. The van der Waals surface area contributed by atoms with Crippen LogP contribution in [-0.2, 0) is 16.1 Å². The van der Waals surface area contributed by atoms with E-state index in [4.69, 9.17) is 4.74 Å². The molecule has 1 aromatic heterocycles. The number of nitrogens with zero attached hydrogens (tertiary/aromatic N) is 1. The summed E-state index contributed by atoms with van der Waals surface area (Å²) >= 11 is 0. The molecule has 0 amide bonds. The van der Waals surface area contributed by atoms with Crippen molar-refractivity contribution in [3.8, 4) is 0 Å². The molecule has 2 spiro atoms. The number of hydrogen-bond acceptors (Lipinski definition) is 4. The molecular weight excluding hydrogens is 360 g/mol. The fraction of sp³-hybridized carbons (Fsp3) is 0.600. The molecule has 6 rings (SSSR count). The van der Waals surface area contributed by atoms with Crippen LogP contribution in [0.4, 0.5) is 0 Å². The number of carbonyl (C=O) groups excluding carboxylic acids is 1. The molecule has 3 fully saturated rings. The van der Waals surface area contributed by atoms with Crippen molar-refractivity contribution in [2.24, 2.45) is 11.3 Å². The Kier molecular flexibility index (Phi) is 3.80. The van der Waals surface area contributed by atoms with Crippen LogP contribution in [0.5, 0.6) is 0 Å². The number of allylic oxidation sites excluding steroid dienone is 1. The monoisotopic (exact) mass is 390 g/mol. The van der Waals surface area contributed by atoms with Crippen molar-refractivity contribution in [2.45, 2.75) is 82.1 Å². The molecule has 5 atom stereocenters. The quantitative estimate of drug-likeness (QED) is 0.838. The molecule has 29 heavy (non-hydrogen) atoms. The molecule has 1 aromatic rings. The van der Waals surface area contributed by atoms with Gasteiger partial charge in [-0.1, -0.05) is 25.1 Å². The summed E-state index contributed by atoms with van der Waals surface area (Å²) in [5, 5.41) is 3.86. The molecule has 3 heterocycles. The summed E-state index contributed by atoms with van der Waals surface area (Å²) in [6.07, 6.45) is 16.5. The van der Waals surface area contributed by atoms with E-state index >= 15 is 0 Å². The summed E-state index contributed by atoms with van der Waals surface area (Å²) in [4.78, 5) is 16.5. The summed E-state index contributed by atoms with van der Waals surface area (Å²) in [6.45, 7) is 3.33. The lowest BCUT2D eigenvalue weighted by molar-refractivity contribution is -0.147. The number of ether oxygens (including phenoxy) is 1. The molecule has 4 nitrogen and oxygen atoms in total. The molecule has 1 saturated heterocycles. The first kappa shape index (κ1) is 18.0. The van der Waals surface area contributed by atoms with Gasteiger partial charge in [-0.25, -0.2) is 0 Å². The third-order valence-electron chi connectivity index (χ3n) is 8.77. The van der Waals surface area contributed by atoms with Gasteiger partial charge in [0.2, 0.25) is 0 Å². The van der Waals surface area contributed by atoms with E-state index in [9.17, 15) is 4.79 Å². The van der Waals surface area contributed by atoms with Crippen LogP contribution in [0.15, 0.2) is 47.8 Å². The highest BCUT2D eigenvalue weighted by molar-refractivity contribution is 5.82. The predicted octanol–water partition coefficient (Wildman–Crippen LogP) is 4.27. The van der Waals surface area contributed by atoms with Gasteiger partial charge in [0.15, 0.2) is 0 Å². The maximum absolute atomic E-state index is 12.3. The summed E-state index contributed by atoms with van der Waals surface area (Å²) in [5.74, 6) is 0.906. The van der Waals surface area contributed by atoms with Crippen LogP contribution >= 0.6 is 0 Å². The minimum Gasteiger partial charge on any atom is -0.359 e. The molecule has 152 valence electrons. The highest BCUT2D eigenvalue weighted by Crippen LogP contribution is 2.66. The molecular formula is C25H30N2O2. The summed E-state index contributed by atoms with van der Waals surface area (Å²) in [6, 6.07) is 4.64. The molecule has 2 saturated carbocycles. The average Bonchev–Trinajstić information content (AvgIpc) is 3.22. The minimum atomic E-state index is -0.286. The van der Waals surface area contributed by atoms with Crippen LogP contribution in [-0.4, -0.2) is 28.0 Å².